The van der Waals surface area contributed by atoms with Gasteiger partial charge in [-0.1, -0.05) is 18.7 Å². The van der Waals surface area contributed by atoms with Gasteiger partial charge in [-0.05, 0) is 55.1 Å². The lowest BCUT2D eigenvalue weighted by molar-refractivity contribution is -0.113. The molecular weight excluding hydrogens is 429 g/mol. The molecule has 0 saturated carbocycles. The molecule has 3 aromatic rings. The van der Waals surface area contributed by atoms with Crippen LogP contribution in [0.1, 0.15) is 6.92 Å². The standard InChI is InChI=1S/C22H26FN7OS/c1-2-28-11-13-29(14-12-28)19-9-7-18(8-10-19)25-20(31)15-32-22-27-26-21(30(22)24)16-3-5-17(23)6-4-16/h3-10H,2,11-15,24H2,1H3,(H,25,31). The summed E-state index contributed by atoms with van der Waals surface area (Å²) in [4.78, 5) is 17.2. The fraction of sp³-hybridized carbons (Fsp3) is 0.318. The van der Waals surface area contributed by atoms with Crippen LogP contribution in [0, 0.1) is 5.82 Å². The SMILES string of the molecule is CCN1CCN(c2ccc(NC(=O)CSc3nnc(-c4ccc(F)cc4)n3N)cc2)CC1. The Morgan fingerprint density at radius 3 is 2.41 bits per heavy atom. The van der Waals surface area contributed by atoms with E-state index < -0.39 is 0 Å². The van der Waals surface area contributed by atoms with Crippen LogP contribution in [0.3, 0.4) is 0 Å². The number of carbonyl (C=O) groups excluding carboxylic acids is 1. The van der Waals surface area contributed by atoms with Crippen molar-refractivity contribution in [3.05, 3.63) is 54.3 Å². The first kappa shape index (κ1) is 22.1. The van der Waals surface area contributed by atoms with E-state index in [1.807, 2.05) is 24.3 Å². The number of likely N-dealkylation sites (N-methyl/N-ethyl adjacent to an activating group) is 1. The van der Waals surface area contributed by atoms with Crippen molar-refractivity contribution < 1.29 is 9.18 Å². The van der Waals surface area contributed by atoms with Crippen LogP contribution in [0.2, 0.25) is 0 Å². The summed E-state index contributed by atoms with van der Waals surface area (Å²) in [6, 6.07) is 13.7. The van der Waals surface area contributed by atoms with Gasteiger partial charge in [-0.2, -0.15) is 0 Å². The molecule has 0 spiro atoms. The minimum atomic E-state index is -0.338. The number of benzene rings is 2. The zero-order chi connectivity index (χ0) is 22.5. The van der Waals surface area contributed by atoms with Crippen LogP contribution in [0.15, 0.2) is 53.7 Å². The molecule has 32 heavy (non-hydrogen) atoms. The molecule has 4 rings (SSSR count). The second kappa shape index (κ2) is 10.0. The van der Waals surface area contributed by atoms with Crippen molar-refractivity contribution in [2.24, 2.45) is 0 Å². The largest absolute Gasteiger partial charge is 0.369 e. The van der Waals surface area contributed by atoms with Crippen LogP contribution < -0.4 is 16.1 Å². The normalized spacial score (nSPS) is 14.5. The molecule has 0 aliphatic carbocycles. The molecule has 0 atom stereocenters. The van der Waals surface area contributed by atoms with E-state index in [1.54, 1.807) is 12.1 Å². The first-order chi connectivity index (χ1) is 15.5. The molecule has 8 nitrogen and oxygen atoms in total. The molecular formula is C22H26FN7OS. The maximum atomic E-state index is 13.1. The third-order valence-electron chi connectivity index (χ3n) is 5.44. The van der Waals surface area contributed by atoms with Gasteiger partial charge in [-0.25, -0.2) is 9.07 Å². The summed E-state index contributed by atoms with van der Waals surface area (Å²) in [5, 5.41) is 11.4. The van der Waals surface area contributed by atoms with Gasteiger partial charge in [0.25, 0.3) is 0 Å². The van der Waals surface area contributed by atoms with E-state index >= 15 is 0 Å². The molecule has 168 valence electrons. The van der Waals surface area contributed by atoms with Crippen LogP contribution >= 0.6 is 11.8 Å². The van der Waals surface area contributed by atoms with Crippen molar-refractivity contribution in [3.8, 4) is 11.4 Å². The van der Waals surface area contributed by atoms with Gasteiger partial charge in [0.15, 0.2) is 5.82 Å². The average Bonchev–Trinajstić information content (AvgIpc) is 3.19. The highest BCUT2D eigenvalue weighted by Gasteiger charge is 2.16. The van der Waals surface area contributed by atoms with E-state index in [4.69, 9.17) is 5.84 Å². The zero-order valence-electron chi connectivity index (χ0n) is 17.9. The van der Waals surface area contributed by atoms with E-state index in [2.05, 4.69) is 32.2 Å². The van der Waals surface area contributed by atoms with E-state index in [-0.39, 0.29) is 17.5 Å². The molecule has 1 aromatic heterocycles. The molecule has 10 heteroatoms. The van der Waals surface area contributed by atoms with E-state index in [0.29, 0.717) is 16.5 Å². The van der Waals surface area contributed by atoms with Gasteiger partial charge in [-0.3, -0.25) is 4.79 Å². The maximum Gasteiger partial charge on any atom is 0.234 e. The van der Waals surface area contributed by atoms with Gasteiger partial charge in [-0.15, -0.1) is 10.2 Å². The summed E-state index contributed by atoms with van der Waals surface area (Å²) < 4.78 is 14.4. The highest BCUT2D eigenvalue weighted by atomic mass is 32.2. The van der Waals surface area contributed by atoms with Crippen molar-refractivity contribution in [2.45, 2.75) is 12.1 Å². The van der Waals surface area contributed by atoms with E-state index in [1.165, 1.54) is 28.6 Å². The Morgan fingerprint density at radius 2 is 1.75 bits per heavy atom. The molecule has 1 aliphatic rings. The number of hydrogen-bond acceptors (Lipinski definition) is 7. The van der Waals surface area contributed by atoms with Crippen LogP contribution in [0.4, 0.5) is 15.8 Å². The van der Waals surface area contributed by atoms with Crippen LogP contribution in [-0.2, 0) is 4.79 Å². The predicted molar refractivity (Wildman–Crippen MR) is 126 cm³/mol. The van der Waals surface area contributed by atoms with E-state index in [9.17, 15) is 9.18 Å². The highest BCUT2D eigenvalue weighted by molar-refractivity contribution is 7.99. The smallest absolute Gasteiger partial charge is 0.234 e. The number of nitrogens with zero attached hydrogens (tertiary/aromatic N) is 5. The van der Waals surface area contributed by atoms with Crippen LogP contribution in [0.25, 0.3) is 11.4 Å². The molecule has 1 fully saturated rings. The van der Waals surface area contributed by atoms with Gasteiger partial charge in [0.05, 0.1) is 5.75 Å². The van der Waals surface area contributed by atoms with Gasteiger partial charge in [0.2, 0.25) is 11.1 Å². The maximum absolute atomic E-state index is 13.1. The van der Waals surface area contributed by atoms with Crippen molar-refractivity contribution >= 4 is 29.0 Å². The third-order valence-corrected chi connectivity index (χ3v) is 6.38. The Labute approximate surface area is 190 Å². The molecule has 0 bridgehead atoms. The third kappa shape index (κ3) is 5.20. The second-order valence-corrected chi connectivity index (χ2v) is 8.43. The number of rotatable bonds is 7. The van der Waals surface area contributed by atoms with E-state index in [0.717, 1.165) is 44.1 Å². The Hall–Kier alpha value is -3.11. The van der Waals surface area contributed by atoms with Crippen molar-refractivity contribution in [2.75, 3.05) is 54.5 Å². The summed E-state index contributed by atoms with van der Waals surface area (Å²) in [7, 11) is 0. The Morgan fingerprint density at radius 1 is 1.06 bits per heavy atom. The quantitative estimate of drug-likeness (QED) is 0.418. The van der Waals surface area contributed by atoms with Gasteiger partial charge >= 0.3 is 0 Å². The summed E-state index contributed by atoms with van der Waals surface area (Å²) >= 11 is 1.19. The topological polar surface area (TPSA) is 92.3 Å². The van der Waals surface area contributed by atoms with Crippen LogP contribution in [0.5, 0.6) is 0 Å². The number of anilines is 2. The Bertz CT molecular complexity index is 1050. The number of nitrogen functional groups attached to an aromatic ring is 1. The number of halogens is 1. The molecule has 1 amide bonds. The molecule has 2 aromatic carbocycles. The molecule has 3 N–H and O–H groups in total. The minimum absolute atomic E-state index is 0.138. The Kier molecular flexibility index (Phi) is 6.91. The van der Waals surface area contributed by atoms with Crippen LogP contribution in [-0.4, -0.2) is 64.2 Å². The van der Waals surface area contributed by atoms with Crippen molar-refractivity contribution in [1.82, 2.24) is 19.8 Å². The number of carbonyl (C=O) groups is 1. The monoisotopic (exact) mass is 455 g/mol. The first-order valence-corrected chi connectivity index (χ1v) is 11.5. The number of nitrogens with one attached hydrogen (secondary N) is 1. The molecule has 0 radical (unpaired) electrons. The minimum Gasteiger partial charge on any atom is -0.369 e. The van der Waals surface area contributed by atoms with Gasteiger partial charge in [0.1, 0.15) is 5.82 Å². The number of thioether (sulfide) groups is 1. The lowest BCUT2D eigenvalue weighted by Gasteiger charge is -2.35. The number of hydrogen-bond donors (Lipinski definition) is 2. The van der Waals surface area contributed by atoms with Crippen molar-refractivity contribution in [3.63, 3.8) is 0 Å². The molecule has 0 unspecified atom stereocenters. The molecule has 1 saturated heterocycles. The summed E-state index contributed by atoms with van der Waals surface area (Å²) in [6.07, 6.45) is 0. The average molecular weight is 456 g/mol. The number of piperazine rings is 1. The van der Waals surface area contributed by atoms with Crippen molar-refractivity contribution in [1.29, 1.82) is 0 Å². The molecule has 1 aliphatic heterocycles. The first-order valence-electron chi connectivity index (χ1n) is 10.5. The number of nitrogens with two attached hydrogens (primary N) is 1. The number of aromatic nitrogens is 3. The Balaban J connectivity index is 1.29. The fourth-order valence-corrected chi connectivity index (χ4v) is 4.23. The lowest BCUT2D eigenvalue weighted by Crippen LogP contribution is -2.46. The fourth-order valence-electron chi connectivity index (χ4n) is 3.58. The summed E-state index contributed by atoms with van der Waals surface area (Å²) in [5.41, 5.74) is 2.55. The number of amides is 1. The summed E-state index contributed by atoms with van der Waals surface area (Å²) in [6.45, 7) is 7.44. The predicted octanol–water partition coefficient (Wildman–Crippen LogP) is 2.67. The van der Waals surface area contributed by atoms with Gasteiger partial charge < -0.3 is 21.0 Å². The molecule has 2 heterocycles. The lowest BCUT2D eigenvalue weighted by atomic mass is 10.2. The second-order valence-electron chi connectivity index (χ2n) is 7.49. The highest BCUT2D eigenvalue weighted by Crippen LogP contribution is 2.23. The zero-order valence-corrected chi connectivity index (χ0v) is 18.7. The van der Waals surface area contributed by atoms with Gasteiger partial charge in [0, 0.05) is 43.1 Å². The summed E-state index contributed by atoms with van der Waals surface area (Å²) in [5.74, 6) is 6.10.